The van der Waals surface area contributed by atoms with Gasteiger partial charge in [0.05, 0.1) is 19.4 Å². The molecule has 8 nitrogen and oxygen atoms in total. The Labute approximate surface area is 242 Å². The highest BCUT2D eigenvalue weighted by Gasteiger charge is 2.33. The van der Waals surface area contributed by atoms with E-state index in [1.54, 1.807) is 42.1 Å². The van der Waals surface area contributed by atoms with Crippen LogP contribution < -0.4 is 20.1 Å². The zero-order valence-electron chi connectivity index (χ0n) is 23.5. The van der Waals surface area contributed by atoms with Gasteiger partial charge in [-0.3, -0.25) is 9.59 Å². The quantitative estimate of drug-likeness (QED) is 0.242. The molecular weight excluding hydrogens is 549 g/mol. The van der Waals surface area contributed by atoms with Gasteiger partial charge < -0.3 is 20.1 Å². The average Bonchev–Trinajstić information content (AvgIpc) is 3.74. The minimum atomic E-state index is -4.19. The molecular formula is C31H35F3N4O4. The predicted molar refractivity (Wildman–Crippen MR) is 151 cm³/mol. The SMILES string of the molecule is COc1ccc(C(=O)Nc2c3c(nn2CCC2CC2)C[C@H](CCc2cccc(OCCCC(F)(F)F)c2)NC3=O)cc1. The number of methoxy groups -OCH3 is 1. The number of carbonyl (C=O) groups excluding carboxylic acids is 2. The largest absolute Gasteiger partial charge is 0.497 e. The Morgan fingerprint density at radius 2 is 1.90 bits per heavy atom. The van der Waals surface area contributed by atoms with Crippen LogP contribution in [0.5, 0.6) is 11.5 Å². The van der Waals surface area contributed by atoms with Crippen LogP contribution in [0.2, 0.25) is 0 Å². The first kappa shape index (κ1) is 29.5. The lowest BCUT2D eigenvalue weighted by molar-refractivity contribution is -0.136. The molecule has 0 radical (unpaired) electrons. The summed E-state index contributed by atoms with van der Waals surface area (Å²) in [6.45, 7) is 0.606. The minimum absolute atomic E-state index is 0.00877. The number of ether oxygens (including phenoxy) is 2. The summed E-state index contributed by atoms with van der Waals surface area (Å²) in [6.07, 6.45) is -0.0324. The van der Waals surface area contributed by atoms with Gasteiger partial charge in [-0.15, -0.1) is 0 Å². The van der Waals surface area contributed by atoms with Crippen molar-refractivity contribution in [2.45, 2.75) is 70.1 Å². The molecule has 5 rings (SSSR count). The molecule has 3 aromatic rings. The number of hydrogen-bond acceptors (Lipinski definition) is 5. The van der Waals surface area contributed by atoms with Crippen LogP contribution in [0, 0.1) is 5.92 Å². The van der Waals surface area contributed by atoms with Gasteiger partial charge in [-0.2, -0.15) is 18.3 Å². The van der Waals surface area contributed by atoms with E-state index in [0.717, 1.165) is 12.0 Å². The Morgan fingerprint density at radius 3 is 2.62 bits per heavy atom. The van der Waals surface area contributed by atoms with Crippen molar-refractivity contribution in [3.63, 3.8) is 0 Å². The Bertz CT molecular complexity index is 1400. The molecule has 11 heteroatoms. The maximum absolute atomic E-state index is 13.3. The van der Waals surface area contributed by atoms with E-state index in [1.807, 2.05) is 18.2 Å². The zero-order chi connectivity index (χ0) is 29.7. The highest BCUT2D eigenvalue weighted by Crippen LogP contribution is 2.34. The van der Waals surface area contributed by atoms with E-state index in [0.29, 0.717) is 65.9 Å². The van der Waals surface area contributed by atoms with E-state index in [1.165, 1.54) is 12.8 Å². The lowest BCUT2D eigenvalue weighted by Crippen LogP contribution is -2.41. The van der Waals surface area contributed by atoms with E-state index in [-0.39, 0.29) is 30.9 Å². The molecule has 1 fully saturated rings. The van der Waals surface area contributed by atoms with Crippen molar-refractivity contribution in [2.75, 3.05) is 19.0 Å². The third-order valence-corrected chi connectivity index (χ3v) is 7.61. The standard InChI is InChI=1S/C31H35F3N4O4/c1-41-24-12-9-22(10-13-24)29(39)36-28-27-26(37-38(28)16-14-20-6-7-20)19-23(35-30(27)40)11-8-21-4-2-5-25(18-21)42-17-3-15-31(32,33)34/h2,4-5,9-10,12-13,18,20,23H,3,6-8,11,14-17,19H2,1H3,(H,35,40)(H,36,39)/t23-/m0/s1. The molecule has 1 atom stereocenters. The summed E-state index contributed by atoms with van der Waals surface area (Å²) in [6, 6.07) is 13.9. The maximum Gasteiger partial charge on any atom is 0.389 e. The summed E-state index contributed by atoms with van der Waals surface area (Å²) in [4.78, 5) is 26.4. The molecule has 1 aromatic heterocycles. The summed E-state index contributed by atoms with van der Waals surface area (Å²) >= 11 is 0. The first-order valence-corrected chi connectivity index (χ1v) is 14.3. The topological polar surface area (TPSA) is 94.5 Å². The van der Waals surface area contributed by atoms with Gasteiger partial charge in [-0.05, 0) is 73.6 Å². The van der Waals surface area contributed by atoms with E-state index in [2.05, 4.69) is 10.6 Å². The van der Waals surface area contributed by atoms with E-state index < -0.39 is 12.6 Å². The van der Waals surface area contributed by atoms with Crippen molar-refractivity contribution in [1.29, 1.82) is 0 Å². The van der Waals surface area contributed by atoms with Crippen molar-refractivity contribution in [2.24, 2.45) is 5.92 Å². The van der Waals surface area contributed by atoms with Gasteiger partial charge in [-0.25, -0.2) is 4.68 Å². The van der Waals surface area contributed by atoms with Gasteiger partial charge in [-0.1, -0.05) is 25.0 Å². The van der Waals surface area contributed by atoms with Crippen molar-refractivity contribution in [1.82, 2.24) is 15.1 Å². The number of nitrogens with zero attached hydrogens (tertiary/aromatic N) is 2. The second-order valence-electron chi connectivity index (χ2n) is 10.9. The van der Waals surface area contributed by atoms with Gasteiger partial charge in [0.15, 0.2) is 0 Å². The Kier molecular flexibility index (Phi) is 9.03. The molecule has 2 amide bonds. The monoisotopic (exact) mass is 584 g/mol. The number of aromatic nitrogens is 2. The summed E-state index contributed by atoms with van der Waals surface area (Å²) in [5, 5.41) is 10.8. The number of halogens is 3. The molecule has 2 heterocycles. The summed E-state index contributed by atoms with van der Waals surface area (Å²) in [5.41, 5.74) is 2.47. The van der Waals surface area contributed by atoms with Crippen molar-refractivity contribution < 1.29 is 32.2 Å². The molecule has 1 saturated carbocycles. The van der Waals surface area contributed by atoms with Crippen LogP contribution in [0.25, 0.3) is 0 Å². The fourth-order valence-electron chi connectivity index (χ4n) is 5.13. The molecule has 0 saturated heterocycles. The van der Waals surface area contributed by atoms with Gasteiger partial charge in [0.2, 0.25) is 0 Å². The van der Waals surface area contributed by atoms with Crippen molar-refractivity contribution in [3.05, 3.63) is 70.9 Å². The second-order valence-corrected chi connectivity index (χ2v) is 10.9. The van der Waals surface area contributed by atoms with Crippen LogP contribution in [0.1, 0.15) is 70.5 Å². The van der Waals surface area contributed by atoms with Crippen LogP contribution in [-0.4, -0.2) is 47.5 Å². The molecule has 1 aliphatic heterocycles. The fourth-order valence-corrected chi connectivity index (χ4v) is 5.13. The number of benzene rings is 2. The fraction of sp³-hybridized carbons (Fsp3) is 0.452. The normalized spacial score (nSPS) is 16.5. The zero-order valence-corrected chi connectivity index (χ0v) is 23.5. The number of alkyl halides is 3. The molecule has 1 aliphatic carbocycles. The van der Waals surface area contributed by atoms with Gasteiger partial charge in [0.1, 0.15) is 22.9 Å². The number of rotatable bonds is 13. The highest BCUT2D eigenvalue weighted by molar-refractivity contribution is 6.09. The number of carbonyl (C=O) groups is 2. The highest BCUT2D eigenvalue weighted by atomic mass is 19.4. The maximum atomic E-state index is 13.3. The number of hydrogen-bond donors (Lipinski definition) is 2. The molecule has 0 bridgehead atoms. The van der Waals surface area contributed by atoms with E-state index in [4.69, 9.17) is 14.6 Å². The molecule has 42 heavy (non-hydrogen) atoms. The predicted octanol–water partition coefficient (Wildman–Crippen LogP) is 5.95. The molecule has 0 unspecified atom stereocenters. The van der Waals surface area contributed by atoms with Gasteiger partial charge >= 0.3 is 6.18 Å². The molecule has 2 aromatic carbocycles. The Balaban J connectivity index is 1.24. The third kappa shape index (κ3) is 7.83. The van der Waals surface area contributed by atoms with Crippen LogP contribution >= 0.6 is 0 Å². The molecule has 0 spiro atoms. The van der Waals surface area contributed by atoms with Crippen molar-refractivity contribution in [3.8, 4) is 11.5 Å². The second kappa shape index (κ2) is 12.9. The van der Waals surface area contributed by atoms with E-state index in [9.17, 15) is 22.8 Å². The van der Waals surface area contributed by atoms with Crippen LogP contribution in [-0.2, 0) is 19.4 Å². The van der Waals surface area contributed by atoms with E-state index >= 15 is 0 Å². The Morgan fingerprint density at radius 1 is 1.12 bits per heavy atom. The Hall–Kier alpha value is -4.02. The summed E-state index contributed by atoms with van der Waals surface area (Å²) in [7, 11) is 1.56. The van der Waals surface area contributed by atoms with Gasteiger partial charge in [0, 0.05) is 31.0 Å². The smallest absolute Gasteiger partial charge is 0.389 e. The first-order chi connectivity index (χ1) is 20.2. The minimum Gasteiger partial charge on any atom is -0.497 e. The number of aryl methyl sites for hydroxylation is 2. The summed E-state index contributed by atoms with van der Waals surface area (Å²) in [5.74, 6) is 1.63. The summed E-state index contributed by atoms with van der Waals surface area (Å²) < 4.78 is 49.6. The molecule has 2 aliphatic rings. The molecule has 2 N–H and O–H groups in total. The third-order valence-electron chi connectivity index (χ3n) is 7.61. The number of nitrogens with one attached hydrogen (secondary N) is 2. The number of fused-ring (bicyclic) bond motifs is 1. The lowest BCUT2D eigenvalue weighted by atomic mass is 9.96. The number of amides is 2. The molecule has 224 valence electrons. The van der Waals surface area contributed by atoms with Crippen molar-refractivity contribution >= 4 is 17.6 Å². The van der Waals surface area contributed by atoms with Crippen LogP contribution in [0.3, 0.4) is 0 Å². The average molecular weight is 585 g/mol. The van der Waals surface area contributed by atoms with Crippen LogP contribution in [0.15, 0.2) is 48.5 Å². The van der Waals surface area contributed by atoms with Gasteiger partial charge in [0.25, 0.3) is 11.8 Å². The number of anilines is 1. The first-order valence-electron chi connectivity index (χ1n) is 14.3. The van der Waals surface area contributed by atoms with Crippen LogP contribution in [0.4, 0.5) is 19.0 Å². The lowest BCUT2D eigenvalue weighted by Gasteiger charge is -2.23.